The molecule has 2 aromatic carbocycles. The van der Waals surface area contributed by atoms with E-state index in [0.29, 0.717) is 18.8 Å². The van der Waals surface area contributed by atoms with Crippen molar-refractivity contribution in [3.8, 4) is 11.8 Å². The topological polar surface area (TPSA) is 104 Å². The average molecular weight is 537 g/mol. The third kappa shape index (κ3) is 5.72. The Morgan fingerprint density at radius 3 is 2.51 bits per heavy atom. The summed E-state index contributed by atoms with van der Waals surface area (Å²) in [4.78, 5) is 28.9. The zero-order chi connectivity index (χ0) is 27.7. The van der Waals surface area contributed by atoms with Gasteiger partial charge in [0.25, 0.3) is 0 Å². The summed E-state index contributed by atoms with van der Waals surface area (Å²) in [5.41, 5.74) is 1.25. The molecule has 39 heavy (non-hydrogen) atoms. The van der Waals surface area contributed by atoms with E-state index in [2.05, 4.69) is 11.4 Å². The summed E-state index contributed by atoms with van der Waals surface area (Å²) in [5, 5.41) is 12.8. The van der Waals surface area contributed by atoms with Crippen LogP contribution < -0.4 is 15.0 Å². The highest BCUT2D eigenvalue weighted by atomic mass is 19.1. The summed E-state index contributed by atoms with van der Waals surface area (Å²) in [7, 11) is 0. The number of piperazine rings is 1. The first kappa shape index (κ1) is 26.6. The Hall–Kier alpha value is -4.00. The summed E-state index contributed by atoms with van der Waals surface area (Å²) in [6.07, 6.45) is 0.858. The minimum absolute atomic E-state index is 0.0827. The van der Waals surface area contributed by atoms with Crippen molar-refractivity contribution < 1.29 is 28.2 Å². The summed E-state index contributed by atoms with van der Waals surface area (Å²) in [6, 6.07) is 12.2. The van der Waals surface area contributed by atoms with E-state index in [9.17, 15) is 14.9 Å². The molecule has 2 unspecified atom stereocenters. The van der Waals surface area contributed by atoms with Gasteiger partial charge in [-0.3, -0.25) is 4.90 Å². The van der Waals surface area contributed by atoms with Gasteiger partial charge in [-0.15, -0.1) is 0 Å². The van der Waals surface area contributed by atoms with Crippen LogP contribution in [0.25, 0.3) is 0 Å². The summed E-state index contributed by atoms with van der Waals surface area (Å²) < 4.78 is 32.2. The fourth-order valence-corrected chi connectivity index (χ4v) is 5.59. The molecule has 0 aliphatic carbocycles. The highest BCUT2D eigenvalue weighted by Gasteiger charge is 2.45. The molecule has 3 heterocycles. The van der Waals surface area contributed by atoms with Crippen LogP contribution in [0.5, 0.6) is 5.75 Å². The Morgan fingerprint density at radius 1 is 1.18 bits per heavy atom. The van der Waals surface area contributed by atoms with Gasteiger partial charge in [-0.25, -0.2) is 14.0 Å². The first-order valence-electron chi connectivity index (χ1n) is 13.2. The van der Waals surface area contributed by atoms with E-state index in [-0.39, 0.29) is 54.7 Å². The molecule has 3 aliphatic heterocycles. The third-order valence-electron chi connectivity index (χ3n) is 7.26. The Labute approximate surface area is 227 Å². The second-order valence-corrected chi connectivity index (χ2v) is 11.3. The summed E-state index contributed by atoms with van der Waals surface area (Å²) in [6.45, 7) is 6.67. The molecule has 5 rings (SSSR count). The molecule has 2 fully saturated rings. The average Bonchev–Trinajstić information content (AvgIpc) is 3.17. The van der Waals surface area contributed by atoms with Crippen molar-refractivity contribution in [3.05, 3.63) is 58.9 Å². The number of anilines is 1. The first-order chi connectivity index (χ1) is 18.6. The van der Waals surface area contributed by atoms with E-state index in [1.807, 2.05) is 56.0 Å². The van der Waals surface area contributed by atoms with Gasteiger partial charge in [0.1, 0.15) is 42.0 Å². The first-order valence-corrected chi connectivity index (χ1v) is 13.2. The van der Waals surface area contributed by atoms with Crippen LogP contribution in [0.3, 0.4) is 0 Å². The van der Waals surface area contributed by atoms with Gasteiger partial charge in [0.05, 0.1) is 23.8 Å². The second kappa shape index (κ2) is 10.6. The molecule has 2 aromatic rings. The smallest absolute Gasteiger partial charge is 0.410 e. The Kier molecular flexibility index (Phi) is 7.25. The van der Waals surface area contributed by atoms with Crippen LogP contribution in [0.1, 0.15) is 50.3 Å². The van der Waals surface area contributed by atoms with Gasteiger partial charge >= 0.3 is 12.2 Å². The van der Waals surface area contributed by atoms with Crippen molar-refractivity contribution >= 4 is 17.9 Å². The van der Waals surface area contributed by atoms with Crippen molar-refractivity contribution in [1.29, 1.82) is 5.26 Å². The maximum absolute atomic E-state index is 15.4. The third-order valence-corrected chi connectivity index (χ3v) is 7.26. The molecule has 206 valence electrons. The molecule has 0 aromatic heterocycles. The lowest BCUT2D eigenvalue weighted by Gasteiger charge is -2.42. The second-order valence-electron chi connectivity index (χ2n) is 11.3. The number of fused-ring (bicyclic) bond motifs is 3. The van der Waals surface area contributed by atoms with E-state index < -0.39 is 23.6 Å². The Bertz CT molecular complexity index is 1280. The molecule has 2 saturated heterocycles. The number of nitrogens with one attached hydrogen (secondary N) is 1. The number of rotatable bonds is 4. The molecule has 9 nitrogen and oxygen atoms in total. The highest BCUT2D eigenvalue weighted by molar-refractivity contribution is 5.73. The van der Waals surface area contributed by atoms with Crippen LogP contribution in [0.15, 0.2) is 36.4 Å². The molecule has 2 bridgehead atoms. The number of alkyl carbamates (subject to hydrolysis) is 1. The normalized spacial score (nSPS) is 21.9. The zero-order valence-corrected chi connectivity index (χ0v) is 22.4. The predicted octanol–water partition coefficient (Wildman–Crippen LogP) is 4.52. The van der Waals surface area contributed by atoms with Gasteiger partial charge in [-0.1, -0.05) is 30.3 Å². The van der Waals surface area contributed by atoms with Crippen molar-refractivity contribution in [2.45, 2.75) is 70.4 Å². The van der Waals surface area contributed by atoms with Gasteiger partial charge in [0.15, 0.2) is 0 Å². The van der Waals surface area contributed by atoms with Gasteiger partial charge < -0.3 is 24.4 Å². The molecule has 2 amide bonds. The van der Waals surface area contributed by atoms with E-state index in [0.717, 1.165) is 18.4 Å². The molecule has 3 aliphatic rings. The minimum atomic E-state index is -0.619. The molecule has 10 heteroatoms. The van der Waals surface area contributed by atoms with Crippen molar-refractivity contribution in [2.75, 3.05) is 24.6 Å². The van der Waals surface area contributed by atoms with Gasteiger partial charge in [-0.2, -0.15) is 5.26 Å². The number of amides is 2. The maximum atomic E-state index is 15.4. The van der Waals surface area contributed by atoms with E-state index in [1.165, 1.54) is 6.07 Å². The Morgan fingerprint density at radius 2 is 1.87 bits per heavy atom. The lowest BCUT2D eigenvalue weighted by molar-refractivity contribution is 0.0123. The quantitative estimate of drug-likeness (QED) is 0.613. The highest BCUT2D eigenvalue weighted by Crippen LogP contribution is 2.41. The predicted molar refractivity (Wildman–Crippen MR) is 141 cm³/mol. The van der Waals surface area contributed by atoms with Gasteiger partial charge in [-0.05, 0) is 45.2 Å². The molecule has 0 radical (unpaired) electrons. The molecular weight excluding hydrogens is 503 g/mol. The molecule has 3 atom stereocenters. The van der Waals surface area contributed by atoms with Crippen LogP contribution in [-0.4, -0.2) is 60.5 Å². The SMILES string of the molecule is CC(C)(C)OC(=O)N1C2CCC1CN(c1cc(F)c3c(c1C#N)OC[C@H](NC(=O)OCc1ccccc1)C3)C2. The van der Waals surface area contributed by atoms with Crippen LogP contribution in [-0.2, 0) is 22.5 Å². The van der Waals surface area contributed by atoms with Gasteiger partial charge in [0.2, 0.25) is 0 Å². The number of halogens is 1. The monoisotopic (exact) mass is 536 g/mol. The Balaban J connectivity index is 1.27. The fourth-order valence-electron chi connectivity index (χ4n) is 5.59. The maximum Gasteiger partial charge on any atom is 0.410 e. The number of ether oxygens (including phenoxy) is 3. The van der Waals surface area contributed by atoms with Crippen LogP contribution in [0.2, 0.25) is 0 Å². The largest absolute Gasteiger partial charge is 0.490 e. The van der Waals surface area contributed by atoms with Crippen molar-refractivity contribution in [2.24, 2.45) is 0 Å². The number of hydrogen-bond acceptors (Lipinski definition) is 7. The zero-order valence-electron chi connectivity index (χ0n) is 22.4. The number of carbonyl (C=O) groups is 2. The van der Waals surface area contributed by atoms with Crippen molar-refractivity contribution in [3.63, 3.8) is 0 Å². The summed E-state index contributed by atoms with van der Waals surface area (Å²) in [5.74, 6) is -0.282. The van der Waals surface area contributed by atoms with E-state index in [1.54, 1.807) is 4.90 Å². The van der Waals surface area contributed by atoms with Gasteiger partial charge in [0, 0.05) is 25.1 Å². The number of nitrogens with zero attached hydrogens (tertiary/aromatic N) is 3. The van der Waals surface area contributed by atoms with E-state index >= 15 is 4.39 Å². The molecule has 1 N–H and O–H groups in total. The summed E-state index contributed by atoms with van der Waals surface area (Å²) >= 11 is 0. The van der Waals surface area contributed by atoms with Crippen LogP contribution in [0.4, 0.5) is 19.7 Å². The molecular formula is C29H33FN4O5. The van der Waals surface area contributed by atoms with Crippen LogP contribution >= 0.6 is 0 Å². The minimum Gasteiger partial charge on any atom is -0.490 e. The molecule has 0 spiro atoms. The lowest BCUT2D eigenvalue weighted by Crippen LogP contribution is -2.57. The number of hydrogen-bond donors (Lipinski definition) is 1. The van der Waals surface area contributed by atoms with E-state index in [4.69, 9.17) is 14.2 Å². The number of nitriles is 1. The number of carbonyl (C=O) groups excluding carboxylic acids is 2. The molecule has 0 saturated carbocycles. The number of benzene rings is 2. The standard InChI is InChI=1S/C29H33FN4O5/c1-29(2,3)39-28(36)34-20-9-10-21(34)15-33(14-20)25-12-24(30)22-11-19(17-37-26(22)23(25)13-31)32-27(35)38-16-18-7-5-4-6-8-18/h4-8,12,19-21H,9-11,14-17H2,1-3H3,(H,32,35)/t19-,20?,21?/m1/s1. The fraction of sp³-hybridized carbons (Fsp3) is 0.483. The lowest BCUT2D eigenvalue weighted by atomic mass is 9.97. The van der Waals surface area contributed by atoms with Crippen molar-refractivity contribution in [1.82, 2.24) is 10.2 Å². The van der Waals surface area contributed by atoms with Crippen LogP contribution in [0, 0.1) is 17.1 Å².